The zero-order valence-corrected chi connectivity index (χ0v) is 14.5. The number of aromatic nitrogens is 1. The van der Waals surface area contributed by atoms with Gasteiger partial charge < -0.3 is 15.4 Å². The van der Waals surface area contributed by atoms with Gasteiger partial charge in [-0.1, -0.05) is 28.1 Å². The summed E-state index contributed by atoms with van der Waals surface area (Å²) in [5, 5.41) is 18.8. The molecule has 0 unspecified atom stereocenters. The van der Waals surface area contributed by atoms with Crippen molar-refractivity contribution in [2.45, 2.75) is 13.5 Å². The first-order valence-electron chi connectivity index (χ1n) is 7.34. The number of hydrogen-bond donors (Lipinski definition) is 2. The zero-order valence-electron chi connectivity index (χ0n) is 12.9. The molecule has 7 heteroatoms. The first-order valence-corrected chi connectivity index (χ1v) is 8.13. The molecule has 3 rings (SSSR count). The number of halogens is 1. The monoisotopic (exact) mass is 386 g/mol. The Hall–Kier alpha value is -2.67. The molecule has 1 amide bonds. The number of aryl methyl sites for hydroxylation is 1. The maximum atomic E-state index is 12.2. The van der Waals surface area contributed by atoms with Crippen LogP contribution in [0.3, 0.4) is 0 Å². The van der Waals surface area contributed by atoms with Crippen LogP contribution in [-0.4, -0.2) is 15.6 Å². The van der Waals surface area contributed by atoms with E-state index in [0.717, 1.165) is 9.99 Å². The van der Waals surface area contributed by atoms with Crippen LogP contribution in [-0.2, 0) is 6.54 Å². The largest absolute Gasteiger partial charge is 0.493 e. The van der Waals surface area contributed by atoms with E-state index in [1.165, 1.54) is 0 Å². The van der Waals surface area contributed by atoms with Gasteiger partial charge in [-0.05, 0) is 37.3 Å². The van der Waals surface area contributed by atoms with Gasteiger partial charge in [0.1, 0.15) is 0 Å². The van der Waals surface area contributed by atoms with E-state index < -0.39 is 5.91 Å². The number of nitrogens with zero attached hydrogens (tertiary/aromatic N) is 3. The molecule has 0 radical (unpaired) electrons. The first kappa shape index (κ1) is 16.2. The van der Waals surface area contributed by atoms with Gasteiger partial charge in [0.15, 0.2) is 5.69 Å². The summed E-state index contributed by atoms with van der Waals surface area (Å²) < 4.78 is 2.55. The lowest BCUT2D eigenvalue weighted by Crippen LogP contribution is -1.99. The average molecular weight is 387 g/mol. The SMILES string of the molecule is CCn1c(O)c(N=NC(=O)c2ccccc2N)c2cc(Br)ccc21. The van der Waals surface area contributed by atoms with E-state index in [9.17, 15) is 9.90 Å². The molecule has 0 spiro atoms. The summed E-state index contributed by atoms with van der Waals surface area (Å²) in [4.78, 5) is 12.2. The molecular formula is C17H15BrN4O2. The highest BCUT2D eigenvalue weighted by molar-refractivity contribution is 9.10. The number of carbonyl (C=O) groups excluding carboxylic acids is 1. The van der Waals surface area contributed by atoms with Crippen LogP contribution in [0, 0.1) is 0 Å². The second-order valence-electron chi connectivity index (χ2n) is 5.17. The molecular weight excluding hydrogens is 372 g/mol. The third kappa shape index (κ3) is 2.78. The molecule has 24 heavy (non-hydrogen) atoms. The van der Waals surface area contributed by atoms with Crippen LogP contribution < -0.4 is 5.73 Å². The van der Waals surface area contributed by atoms with Crippen LogP contribution in [0.5, 0.6) is 5.88 Å². The Labute approximate surface area is 146 Å². The fourth-order valence-corrected chi connectivity index (χ4v) is 2.92. The van der Waals surface area contributed by atoms with E-state index in [2.05, 4.69) is 26.2 Å². The molecule has 0 atom stereocenters. The summed E-state index contributed by atoms with van der Waals surface area (Å²) in [5.74, 6) is -0.580. The summed E-state index contributed by atoms with van der Waals surface area (Å²) in [6, 6.07) is 12.2. The molecule has 1 heterocycles. The number of fused-ring (bicyclic) bond motifs is 1. The van der Waals surface area contributed by atoms with Crippen LogP contribution in [0.1, 0.15) is 17.3 Å². The molecule has 0 aliphatic rings. The summed E-state index contributed by atoms with van der Waals surface area (Å²) >= 11 is 3.40. The van der Waals surface area contributed by atoms with E-state index in [-0.39, 0.29) is 17.1 Å². The molecule has 0 saturated heterocycles. The number of carbonyl (C=O) groups is 1. The van der Waals surface area contributed by atoms with Gasteiger partial charge in [0.2, 0.25) is 5.88 Å². The number of rotatable bonds is 3. The van der Waals surface area contributed by atoms with E-state index in [4.69, 9.17) is 5.73 Å². The zero-order chi connectivity index (χ0) is 17.3. The number of nitrogen functional groups attached to an aromatic ring is 1. The lowest BCUT2D eigenvalue weighted by Gasteiger charge is -2.01. The molecule has 1 aromatic heterocycles. The fourth-order valence-electron chi connectivity index (χ4n) is 2.56. The van der Waals surface area contributed by atoms with Crippen molar-refractivity contribution in [2.24, 2.45) is 10.2 Å². The normalized spacial score (nSPS) is 11.4. The van der Waals surface area contributed by atoms with E-state index in [1.54, 1.807) is 28.8 Å². The summed E-state index contributed by atoms with van der Waals surface area (Å²) in [5.41, 5.74) is 7.47. The smallest absolute Gasteiger partial charge is 0.297 e. The molecule has 3 N–H and O–H groups in total. The molecule has 0 fully saturated rings. The quantitative estimate of drug-likeness (QED) is 0.507. The van der Waals surface area contributed by atoms with Crippen molar-refractivity contribution in [2.75, 3.05) is 5.73 Å². The van der Waals surface area contributed by atoms with E-state index in [0.29, 0.717) is 17.6 Å². The molecule has 2 aromatic carbocycles. The van der Waals surface area contributed by atoms with Gasteiger partial charge in [-0.15, -0.1) is 10.2 Å². The summed E-state index contributed by atoms with van der Waals surface area (Å²) in [7, 11) is 0. The highest BCUT2D eigenvalue weighted by Crippen LogP contribution is 2.40. The van der Waals surface area contributed by atoms with Crippen molar-refractivity contribution in [1.82, 2.24) is 4.57 Å². The number of amides is 1. The Morgan fingerprint density at radius 3 is 2.75 bits per heavy atom. The van der Waals surface area contributed by atoms with E-state index in [1.807, 2.05) is 25.1 Å². The van der Waals surface area contributed by atoms with Crippen molar-refractivity contribution in [3.05, 3.63) is 52.5 Å². The first-order chi connectivity index (χ1) is 11.5. The third-order valence-electron chi connectivity index (χ3n) is 3.72. The predicted molar refractivity (Wildman–Crippen MR) is 96.7 cm³/mol. The Balaban J connectivity index is 2.07. The molecule has 0 bridgehead atoms. The van der Waals surface area contributed by atoms with Crippen molar-refractivity contribution in [3.63, 3.8) is 0 Å². The van der Waals surface area contributed by atoms with Crippen LogP contribution in [0.4, 0.5) is 11.4 Å². The molecule has 6 nitrogen and oxygen atoms in total. The van der Waals surface area contributed by atoms with Crippen LogP contribution in [0.2, 0.25) is 0 Å². The highest BCUT2D eigenvalue weighted by Gasteiger charge is 2.17. The number of aromatic hydroxyl groups is 1. The van der Waals surface area contributed by atoms with Gasteiger partial charge in [-0.3, -0.25) is 4.79 Å². The minimum absolute atomic E-state index is 0.0248. The molecule has 0 aliphatic carbocycles. The van der Waals surface area contributed by atoms with Crippen LogP contribution >= 0.6 is 15.9 Å². The maximum Gasteiger partial charge on any atom is 0.297 e. The van der Waals surface area contributed by atoms with Gasteiger partial charge in [0.05, 0.1) is 11.1 Å². The van der Waals surface area contributed by atoms with Crippen molar-refractivity contribution >= 4 is 44.1 Å². The highest BCUT2D eigenvalue weighted by atomic mass is 79.9. The second-order valence-corrected chi connectivity index (χ2v) is 6.09. The van der Waals surface area contributed by atoms with Gasteiger partial charge in [-0.2, -0.15) is 0 Å². The minimum atomic E-state index is -0.556. The Kier molecular flexibility index (Phi) is 4.35. The van der Waals surface area contributed by atoms with Crippen LogP contribution in [0.25, 0.3) is 10.9 Å². The van der Waals surface area contributed by atoms with Gasteiger partial charge in [-0.25, -0.2) is 0 Å². The minimum Gasteiger partial charge on any atom is -0.493 e. The number of benzene rings is 2. The predicted octanol–water partition coefficient (Wildman–Crippen LogP) is 4.64. The second kappa shape index (κ2) is 6.45. The molecule has 3 aromatic rings. The number of azo groups is 1. The lowest BCUT2D eigenvalue weighted by atomic mass is 10.2. The number of nitrogens with two attached hydrogens (primary N) is 1. The summed E-state index contributed by atoms with van der Waals surface area (Å²) in [6.45, 7) is 2.48. The Morgan fingerprint density at radius 2 is 2.04 bits per heavy atom. The Bertz CT molecular complexity index is 963. The van der Waals surface area contributed by atoms with Crippen molar-refractivity contribution in [1.29, 1.82) is 0 Å². The average Bonchev–Trinajstić information content (AvgIpc) is 2.83. The van der Waals surface area contributed by atoms with E-state index >= 15 is 0 Å². The van der Waals surface area contributed by atoms with Gasteiger partial charge in [0.25, 0.3) is 5.91 Å². The topological polar surface area (TPSA) is 93.0 Å². The van der Waals surface area contributed by atoms with Gasteiger partial charge in [0, 0.05) is 22.1 Å². The lowest BCUT2D eigenvalue weighted by molar-refractivity contribution is 0.0996. The number of anilines is 1. The summed E-state index contributed by atoms with van der Waals surface area (Å²) in [6.07, 6.45) is 0. The maximum absolute atomic E-state index is 12.2. The molecule has 0 saturated carbocycles. The fraction of sp³-hybridized carbons (Fsp3) is 0.118. The molecule has 0 aliphatic heterocycles. The number of para-hydroxylation sites is 1. The van der Waals surface area contributed by atoms with Gasteiger partial charge >= 0.3 is 0 Å². The Morgan fingerprint density at radius 1 is 1.29 bits per heavy atom. The van der Waals surface area contributed by atoms with Crippen LogP contribution in [0.15, 0.2) is 57.2 Å². The molecule has 122 valence electrons. The van der Waals surface area contributed by atoms with Crippen molar-refractivity contribution in [3.8, 4) is 5.88 Å². The number of hydrogen-bond acceptors (Lipinski definition) is 4. The third-order valence-corrected chi connectivity index (χ3v) is 4.21. The van der Waals surface area contributed by atoms with Crippen molar-refractivity contribution < 1.29 is 9.90 Å². The standard InChI is InChI=1S/C17H15BrN4O2/c1-2-22-14-8-7-10(18)9-12(14)15(17(22)24)20-21-16(23)11-5-3-4-6-13(11)19/h3-9,24H,2,19H2,1H3.